The fraction of sp³-hybridized carbons (Fsp3) is 0. The van der Waals surface area contributed by atoms with Gasteiger partial charge in [0.1, 0.15) is 18.8 Å². The number of hydrogen-bond acceptors (Lipinski definition) is 6. The van der Waals surface area contributed by atoms with E-state index in [1.807, 2.05) is 36.4 Å². The smallest absolute Gasteiger partial charge is 0.225 e. The van der Waals surface area contributed by atoms with E-state index in [4.69, 9.17) is 13.3 Å². The Kier molecular flexibility index (Phi) is 5.68. The molecule has 0 amide bonds. The number of rotatable bonds is 6. The van der Waals surface area contributed by atoms with Gasteiger partial charge in [-0.2, -0.15) is 0 Å². The Balaban J connectivity index is 1.30. The third-order valence-corrected chi connectivity index (χ3v) is 6.63. The summed E-state index contributed by atoms with van der Waals surface area (Å²) in [5.41, 5.74) is 9.42. The summed E-state index contributed by atoms with van der Waals surface area (Å²) in [7, 11) is 0. The molecule has 3 aromatic heterocycles. The molecule has 6 nitrogen and oxygen atoms in total. The lowest BCUT2D eigenvalue weighted by Gasteiger charge is -2.12. The number of nitrogens with zero attached hydrogens (tertiary/aromatic N) is 3. The Morgan fingerprint density at radius 3 is 0.795 bits per heavy atom. The lowest BCUT2D eigenvalue weighted by Crippen LogP contribution is -1.87. The van der Waals surface area contributed by atoms with Crippen LogP contribution >= 0.6 is 0 Å². The summed E-state index contributed by atoms with van der Waals surface area (Å²) < 4.78 is 16.4. The van der Waals surface area contributed by atoms with Gasteiger partial charge in [-0.05, 0) is 88.0 Å². The maximum atomic E-state index is 5.46. The average Bonchev–Trinajstić information content (AvgIpc) is 3.82. The van der Waals surface area contributed by atoms with E-state index in [9.17, 15) is 0 Å². The molecule has 0 aliphatic carbocycles. The van der Waals surface area contributed by atoms with Crippen LogP contribution in [-0.4, -0.2) is 15.0 Å². The molecule has 0 spiro atoms. The molecule has 0 aliphatic rings. The topological polar surface area (TPSA) is 78.1 Å². The monoisotopic (exact) mass is 507 g/mol. The standard InChI is InChI=1S/C33H21N3O3/c1-7-25(31-34-13-16-37-31)8-2-22(1)28-19-29(23-3-9-26(10-4-23)32-35-14-17-38-32)21-30(20-28)24-5-11-27(12-6-24)33-36-15-18-39-33/h1-21H. The summed E-state index contributed by atoms with van der Waals surface area (Å²) in [5.74, 6) is 1.81. The second kappa shape index (κ2) is 9.76. The second-order valence-corrected chi connectivity index (χ2v) is 9.04. The third-order valence-electron chi connectivity index (χ3n) is 6.63. The SMILES string of the molecule is c1coc(-c2ccc(-c3cc(-c4ccc(-c5ncco5)cc4)cc(-c4ccc(-c5ncco5)cc4)c3)cc2)n1. The number of benzene rings is 4. The van der Waals surface area contributed by atoms with Crippen molar-refractivity contribution in [2.75, 3.05) is 0 Å². The molecule has 186 valence electrons. The summed E-state index contributed by atoms with van der Waals surface area (Å²) in [4.78, 5) is 12.8. The molecule has 0 atom stereocenters. The van der Waals surface area contributed by atoms with Crippen molar-refractivity contribution in [1.82, 2.24) is 15.0 Å². The van der Waals surface area contributed by atoms with Crippen LogP contribution in [0.2, 0.25) is 0 Å². The maximum absolute atomic E-state index is 5.46. The Labute approximate surface area is 224 Å². The predicted octanol–water partition coefficient (Wildman–Crippen LogP) is 8.65. The van der Waals surface area contributed by atoms with Gasteiger partial charge < -0.3 is 13.3 Å². The molecule has 0 aliphatic heterocycles. The van der Waals surface area contributed by atoms with Crippen molar-refractivity contribution in [3.8, 4) is 67.7 Å². The summed E-state index contributed by atoms with van der Waals surface area (Å²) in [6.07, 6.45) is 9.71. The Morgan fingerprint density at radius 2 is 0.564 bits per heavy atom. The van der Waals surface area contributed by atoms with Crippen LogP contribution in [-0.2, 0) is 0 Å². The maximum Gasteiger partial charge on any atom is 0.225 e. The van der Waals surface area contributed by atoms with Gasteiger partial charge >= 0.3 is 0 Å². The number of hydrogen-bond donors (Lipinski definition) is 0. The lowest BCUT2D eigenvalue weighted by atomic mass is 9.92. The van der Waals surface area contributed by atoms with Crippen LogP contribution < -0.4 is 0 Å². The quantitative estimate of drug-likeness (QED) is 0.224. The molecule has 0 N–H and O–H groups in total. The van der Waals surface area contributed by atoms with Gasteiger partial charge in [0.25, 0.3) is 0 Å². The zero-order valence-electron chi connectivity index (χ0n) is 20.7. The van der Waals surface area contributed by atoms with E-state index in [0.29, 0.717) is 17.7 Å². The molecule has 0 unspecified atom stereocenters. The van der Waals surface area contributed by atoms with Crippen LogP contribution in [0.3, 0.4) is 0 Å². The van der Waals surface area contributed by atoms with Crippen LogP contribution in [0.1, 0.15) is 0 Å². The van der Waals surface area contributed by atoms with Crippen molar-refractivity contribution < 1.29 is 13.3 Å². The molecule has 7 aromatic rings. The van der Waals surface area contributed by atoms with Crippen LogP contribution in [0.5, 0.6) is 0 Å². The Hall–Kier alpha value is -5.49. The molecule has 39 heavy (non-hydrogen) atoms. The van der Waals surface area contributed by atoms with Crippen LogP contribution in [0, 0.1) is 0 Å². The van der Waals surface area contributed by atoms with Crippen LogP contribution in [0.15, 0.2) is 142 Å². The fourth-order valence-electron chi connectivity index (χ4n) is 4.64. The fourth-order valence-corrected chi connectivity index (χ4v) is 4.64. The van der Waals surface area contributed by atoms with Crippen molar-refractivity contribution in [2.45, 2.75) is 0 Å². The zero-order chi connectivity index (χ0) is 26.0. The zero-order valence-corrected chi connectivity index (χ0v) is 20.7. The molecule has 7 rings (SSSR count). The highest BCUT2D eigenvalue weighted by molar-refractivity contribution is 5.82. The highest BCUT2D eigenvalue weighted by Gasteiger charge is 2.11. The molecule has 4 aromatic carbocycles. The van der Waals surface area contributed by atoms with Gasteiger partial charge in [0.15, 0.2) is 0 Å². The van der Waals surface area contributed by atoms with Crippen molar-refractivity contribution in [2.24, 2.45) is 0 Å². The first kappa shape index (κ1) is 22.7. The largest absolute Gasteiger partial charge is 0.445 e. The van der Waals surface area contributed by atoms with E-state index in [1.54, 1.807) is 37.4 Å². The molecule has 0 saturated heterocycles. The summed E-state index contributed by atoms with van der Waals surface area (Å²) in [6, 6.07) is 31.4. The van der Waals surface area contributed by atoms with Crippen molar-refractivity contribution >= 4 is 0 Å². The normalized spacial score (nSPS) is 11.1. The highest BCUT2D eigenvalue weighted by Crippen LogP contribution is 2.35. The van der Waals surface area contributed by atoms with Crippen molar-refractivity contribution in [1.29, 1.82) is 0 Å². The van der Waals surface area contributed by atoms with E-state index in [0.717, 1.165) is 50.1 Å². The van der Waals surface area contributed by atoms with Gasteiger partial charge in [-0.25, -0.2) is 15.0 Å². The van der Waals surface area contributed by atoms with E-state index >= 15 is 0 Å². The van der Waals surface area contributed by atoms with Crippen molar-refractivity contribution in [3.05, 3.63) is 128 Å². The van der Waals surface area contributed by atoms with E-state index in [1.165, 1.54) is 0 Å². The van der Waals surface area contributed by atoms with Gasteiger partial charge in [-0.3, -0.25) is 0 Å². The minimum atomic E-state index is 0.605. The lowest BCUT2D eigenvalue weighted by molar-refractivity contribution is 0.574. The Bertz CT molecular complexity index is 1570. The molecule has 0 fully saturated rings. The Morgan fingerprint density at radius 1 is 0.308 bits per heavy atom. The summed E-state index contributed by atoms with van der Waals surface area (Å²) in [6.45, 7) is 0. The third kappa shape index (κ3) is 4.55. The minimum absolute atomic E-state index is 0.605. The van der Waals surface area contributed by atoms with E-state index in [2.05, 4.69) is 69.5 Å². The van der Waals surface area contributed by atoms with Crippen molar-refractivity contribution in [3.63, 3.8) is 0 Å². The number of oxazole rings is 3. The van der Waals surface area contributed by atoms with Gasteiger partial charge in [-0.1, -0.05) is 36.4 Å². The van der Waals surface area contributed by atoms with E-state index in [-0.39, 0.29) is 0 Å². The molecule has 0 radical (unpaired) electrons. The molecule has 0 bridgehead atoms. The van der Waals surface area contributed by atoms with Gasteiger partial charge in [0.05, 0.1) is 18.6 Å². The molecule has 6 heteroatoms. The molecular formula is C33H21N3O3. The first-order valence-corrected chi connectivity index (χ1v) is 12.5. The number of aromatic nitrogens is 3. The van der Waals surface area contributed by atoms with E-state index < -0.39 is 0 Å². The second-order valence-electron chi connectivity index (χ2n) is 9.04. The van der Waals surface area contributed by atoms with Crippen LogP contribution in [0.25, 0.3) is 67.7 Å². The van der Waals surface area contributed by atoms with Gasteiger partial charge in [0, 0.05) is 16.7 Å². The summed E-state index contributed by atoms with van der Waals surface area (Å²) >= 11 is 0. The van der Waals surface area contributed by atoms with Gasteiger partial charge in [0.2, 0.25) is 17.7 Å². The molecular weight excluding hydrogens is 486 g/mol. The van der Waals surface area contributed by atoms with Gasteiger partial charge in [-0.15, -0.1) is 0 Å². The van der Waals surface area contributed by atoms with Crippen LogP contribution in [0.4, 0.5) is 0 Å². The highest BCUT2D eigenvalue weighted by atomic mass is 16.3. The first-order valence-electron chi connectivity index (χ1n) is 12.5. The summed E-state index contributed by atoms with van der Waals surface area (Å²) in [5, 5.41) is 0. The first-order chi connectivity index (χ1) is 19.3. The molecule has 3 heterocycles. The molecule has 0 saturated carbocycles. The average molecular weight is 508 g/mol. The predicted molar refractivity (Wildman–Crippen MR) is 149 cm³/mol. The minimum Gasteiger partial charge on any atom is -0.445 e.